The van der Waals surface area contributed by atoms with Crippen LogP contribution in [0.4, 0.5) is 0 Å². The van der Waals surface area contributed by atoms with E-state index in [1.807, 2.05) is 30.3 Å². The molecule has 0 bridgehead atoms. The lowest BCUT2D eigenvalue weighted by atomic mass is 9.95. The quantitative estimate of drug-likeness (QED) is 0.795. The Balaban J connectivity index is 1.68. The van der Waals surface area contributed by atoms with Crippen LogP contribution >= 0.6 is 0 Å². The van der Waals surface area contributed by atoms with Gasteiger partial charge < -0.3 is 15.5 Å². The molecule has 0 aromatic heterocycles. The van der Waals surface area contributed by atoms with Crippen LogP contribution in [0, 0.1) is 13.8 Å². The van der Waals surface area contributed by atoms with E-state index in [0.717, 1.165) is 18.4 Å². The van der Waals surface area contributed by atoms with Crippen LogP contribution in [0.15, 0.2) is 42.5 Å². The molecule has 1 atom stereocenters. The normalized spacial score (nSPS) is 17.0. The van der Waals surface area contributed by atoms with Gasteiger partial charge in [-0.2, -0.15) is 0 Å². The second-order valence-corrected chi connectivity index (χ2v) is 6.80. The highest BCUT2D eigenvalue weighted by Gasteiger charge is 2.36. The highest BCUT2D eigenvalue weighted by molar-refractivity contribution is 5.36. The average Bonchev–Trinajstić information content (AvgIpc) is 2.94. The van der Waals surface area contributed by atoms with Gasteiger partial charge in [0.2, 0.25) is 0 Å². The van der Waals surface area contributed by atoms with Crippen molar-refractivity contribution >= 4 is 0 Å². The summed E-state index contributed by atoms with van der Waals surface area (Å²) in [4.78, 5) is 0. The molecule has 0 aliphatic heterocycles. The zero-order chi connectivity index (χ0) is 16.4. The van der Waals surface area contributed by atoms with E-state index >= 15 is 0 Å². The van der Waals surface area contributed by atoms with Crippen LogP contribution in [0.3, 0.4) is 0 Å². The fraction of sp³-hybridized carbons (Fsp3) is 0.400. The number of aliphatic hydroxyl groups excluding tert-OH is 2. The van der Waals surface area contributed by atoms with Gasteiger partial charge in [0, 0.05) is 12.1 Å². The smallest absolute Gasteiger partial charge is 0.0914 e. The summed E-state index contributed by atoms with van der Waals surface area (Å²) < 4.78 is 0. The molecular weight excluding hydrogens is 286 g/mol. The van der Waals surface area contributed by atoms with Crippen LogP contribution in [0.1, 0.15) is 33.9 Å². The van der Waals surface area contributed by atoms with Gasteiger partial charge in [0.05, 0.1) is 12.7 Å². The van der Waals surface area contributed by atoms with Gasteiger partial charge in [0.15, 0.2) is 0 Å². The summed E-state index contributed by atoms with van der Waals surface area (Å²) in [5, 5.41) is 23.8. The number of aryl methyl sites for hydroxylation is 2. The maximum atomic E-state index is 10.5. The third-order valence-electron chi connectivity index (χ3n) is 5.06. The summed E-state index contributed by atoms with van der Waals surface area (Å²) in [6.07, 6.45) is 1.04. The average molecular weight is 311 g/mol. The monoisotopic (exact) mass is 311 g/mol. The van der Waals surface area contributed by atoms with Crippen molar-refractivity contribution in [1.82, 2.24) is 5.32 Å². The van der Waals surface area contributed by atoms with Gasteiger partial charge >= 0.3 is 0 Å². The van der Waals surface area contributed by atoms with E-state index in [4.69, 9.17) is 0 Å². The molecule has 1 unspecified atom stereocenters. The molecule has 2 aromatic carbocycles. The van der Waals surface area contributed by atoms with Crippen LogP contribution < -0.4 is 5.32 Å². The van der Waals surface area contributed by atoms with E-state index in [1.54, 1.807) is 0 Å². The maximum Gasteiger partial charge on any atom is 0.0914 e. The van der Waals surface area contributed by atoms with E-state index in [1.165, 1.54) is 22.3 Å². The summed E-state index contributed by atoms with van der Waals surface area (Å²) in [6, 6.07) is 14.4. The highest BCUT2D eigenvalue weighted by Crippen LogP contribution is 2.30. The Kier molecular flexibility index (Phi) is 4.53. The predicted molar refractivity (Wildman–Crippen MR) is 92.5 cm³/mol. The molecule has 1 aliphatic rings. The molecule has 3 nitrogen and oxygen atoms in total. The van der Waals surface area contributed by atoms with E-state index in [-0.39, 0.29) is 12.1 Å². The molecule has 0 saturated carbocycles. The standard InChI is InChI=1S/C20H25NO2/c1-14-7-8-16(9-15(14)2)19(23)12-21-20(13-22)10-17-5-3-4-6-18(17)11-20/h3-9,19,21-23H,10-13H2,1-2H3. The van der Waals surface area contributed by atoms with Crippen molar-refractivity contribution in [3.8, 4) is 0 Å². The number of β-amino-alcohol motifs (C(OH)–C–C–N with tert-alkyl or cyclic N) is 1. The van der Waals surface area contributed by atoms with Crippen LogP contribution in [0.2, 0.25) is 0 Å². The second kappa shape index (κ2) is 6.44. The topological polar surface area (TPSA) is 52.5 Å². The molecule has 122 valence electrons. The van der Waals surface area contributed by atoms with Crippen molar-refractivity contribution in [2.45, 2.75) is 38.3 Å². The largest absolute Gasteiger partial charge is 0.394 e. The first-order chi connectivity index (χ1) is 11.0. The predicted octanol–water partition coefficient (Wildman–Crippen LogP) is 2.46. The van der Waals surface area contributed by atoms with Gasteiger partial charge in [-0.25, -0.2) is 0 Å². The van der Waals surface area contributed by atoms with E-state index < -0.39 is 6.10 Å². The fourth-order valence-corrected chi connectivity index (χ4v) is 3.39. The van der Waals surface area contributed by atoms with Crippen molar-refractivity contribution in [2.75, 3.05) is 13.2 Å². The molecule has 0 spiro atoms. The first kappa shape index (κ1) is 16.2. The Bertz CT molecular complexity index is 671. The number of benzene rings is 2. The summed E-state index contributed by atoms with van der Waals surface area (Å²) in [5.74, 6) is 0. The van der Waals surface area contributed by atoms with Gasteiger partial charge in [0.1, 0.15) is 0 Å². The molecular formula is C20H25NO2. The van der Waals surface area contributed by atoms with Crippen molar-refractivity contribution in [3.05, 3.63) is 70.3 Å². The molecule has 0 saturated heterocycles. The third-order valence-corrected chi connectivity index (χ3v) is 5.06. The zero-order valence-corrected chi connectivity index (χ0v) is 13.8. The lowest BCUT2D eigenvalue weighted by Crippen LogP contribution is -2.50. The van der Waals surface area contributed by atoms with Crippen molar-refractivity contribution < 1.29 is 10.2 Å². The second-order valence-electron chi connectivity index (χ2n) is 6.80. The molecule has 0 radical (unpaired) electrons. The lowest BCUT2D eigenvalue weighted by Gasteiger charge is -2.29. The maximum absolute atomic E-state index is 10.5. The molecule has 2 aromatic rings. The van der Waals surface area contributed by atoms with E-state index in [2.05, 4.69) is 31.3 Å². The molecule has 0 heterocycles. The number of fused-ring (bicyclic) bond motifs is 1. The van der Waals surface area contributed by atoms with Crippen molar-refractivity contribution in [3.63, 3.8) is 0 Å². The van der Waals surface area contributed by atoms with Crippen LogP contribution in [0.5, 0.6) is 0 Å². The van der Waals surface area contributed by atoms with Crippen molar-refractivity contribution in [2.24, 2.45) is 0 Å². The number of rotatable bonds is 5. The minimum atomic E-state index is -0.568. The molecule has 0 fully saturated rings. The van der Waals surface area contributed by atoms with E-state index in [9.17, 15) is 10.2 Å². The summed E-state index contributed by atoms with van der Waals surface area (Å²) >= 11 is 0. The van der Waals surface area contributed by atoms with Gasteiger partial charge in [0.25, 0.3) is 0 Å². The first-order valence-electron chi connectivity index (χ1n) is 8.21. The van der Waals surface area contributed by atoms with Crippen molar-refractivity contribution in [1.29, 1.82) is 0 Å². The Hall–Kier alpha value is -1.68. The Morgan fingerprint density at radius 2 is 1.70 bits per heavy atom. The number of aliphatic hydroxyl groups is 2. The summed E-state index contributed by atoms with van der Waals surface area (Å²) in [7, 11) is 0. The number of hydrogen-bond donors (Lipinski definition) is 3. The van der Waals surface area contributed by atoms with Gasteiger partial charge in [-0.15, -0.1) is 0 Å². The number of nitrogens with one attached hydrogen (secondary N) is 1. The highest BCUT2D eigenvalue weighted by atomic mass is 16.3. The molecule has 23 heavy (non-hydrogen) atoms. The fourth-order valence-electron chi connectivity index (χ4n) is 3.39. The Morgan fingerprint density at radius 1 is 1.04 bits per heavy atom. The Labute approximate surface area is 138 Å². The van der Waals surface area contributed by atoms with Crippen LogP contribution in [-0.2, 0) is 12.8 Å². The summed E-state index contributed by atoms with van der Waals surface area (Å²) in [5.41, 5.74) is 5.55. The zero-order valence-electron chi connectivity index (χ0n) is 13.8. The lowest BCUT2D eigenvalue weighted by molar-refractivity contribution is 0.124. The third kappa shape index (κ3) is 3.32. The summed E-state index contributed by atoms with van der Waals surface area (Å²) in [6.45, 7) is 4.64. The van der Waals surface area contributed by atoms with Crippen LogP contribution in [-0.4, -0.2) is 28.9 Å². The molecule has 3 rings (SSSR count). The van der Waals surface area contributed by atoms with E-state index in [0.29, 0.717) is 6.54 Å². The Morgan fingerprint density at radius 3 is 2.26 bits per heavy atom. The van der Waals surface area contributed by atoms with Gasteiger partial charge in [-0.1, -0.05) is 42.5 Å². The number of hydrogen-bond acceptors (Lipinski definition) is 3. The SMILES string of the molecule is Cc1ccc(C(O)CNC2(CO)Cc3ccccc3C2)cc1C. The minimum absolute atomic E-state index is 0.0708. The first-order valence-corrected chi connectivity index (χ1v) is 8.21. The van der Waals surface area contributed by atoms with Gasteiger partial charge in [-0.05, 0) is 54.5 Å². The van der Waals surface area contributed by atoms with Crippen LogP contribution in [0.25, 0.3) is 0 Å². The minimum Gasteiger partial charge on any atom is -0.394 e. The molecule has 0 amide bonds. The molecule has 3 heteroatoms. The van der Waals surface area contributed by atoms with Gasteiger partial charge in [-0.3, -0.25) is 0 Å². The molecule has 3 N–H and O–H groups in total. The molecule has 1 aliphatic carbocycles.